The third-order valence-corrected chi connectivity index (χ3v) is 8.27. The summed E-state index contributed by atoms with van der Waals surface area (Å²) in [5, 5.41) is 18.6. The van der Waals surface area contributed by atoms with E-state index in [4.69, 9.17) is 10.00 Å². The maximum Gasteiger partial charge on any atom is 0.322 e. The van der Waals surface area contributed by atoms with Crippen LogP contribution in [0.25, 0.3) is 0 Å². The lowest BCUT2D eigenvalue weighted by atomic mass is 10.1. The van der Waals surface area contributed by atoms with Gasteiger partial charge < -0.3 is 9.84 Å². The molecule has 1 aliphatic rings. The number of carboxylic acid groups (broad SMARTS) is 1. The van der Waals surface area contributed by atoms with Gasteiger partial charge in [0.25, 0.3) is 0 Å². The van der Waals surface area contributed by atoms with Gasteiger partial charge in [0.2, 0.25) is 20.0 Å². The summed E-state index contributed by atoms with van der Waals surface area (Å²) in [5.74, 6) is -0.775. The van der Waals surface area contributed by atoms with E-state index in [0.29, 0.717) is 11.3 Å². The monoisotopic (exact) mass is 522 g/mol. The summed E-state index contributed by atoms with van der Waals surface area (Å²) in [7, 11) is -7.36. The smallest absolute Gasteiger partial charge is 0.322 e. The van der Waals surface area contributed by atoms with Crippen molar-refractivity contribution in [1.29, 1.82) is 5.26 Å². The fraction of sp³-hybridized carbons (Fsp3) is 0.364. The molecule has 0 radical (unpaired) electrons. The lowest BCUT2D eigenvalue weighted by Gasteiger charge is -2.36. The summed E-state index contributed by atoms with van der Waals surface area (Å²) in [6.45, 7) is 0.455. The number of aliphatic carboxylic acids is 1. The fourth-order valence-electron chi connectivity index (χ4n) is 3.60. The number of carbonyl (C=O) groups is 1. The van der Waals surface area contributed by atoms with Crippen LogP contribution in [0, 0.1) is 11.3 Å². The molecule has 0 aliphatic carbocycles. The molecular weight excluding hydrogens is 496 g/mol. The molecule has 0 spiro atoms. The van der Waals surface area contributed by atoms with Gasteiger partial charge in [-0.05, 0) is 42.0 Å². The second-order valence-electron chi connectivity index (χ2n) is 7.98. The van der Waals surface area contributed by atoms with Gasteiger partial charge in [0.05, 0.1) is 22.8 Å². The maximum atomic E-state index is 12.7. The number of hydrogen-bond donors (Lipinski definition) is 2. The van der Waals surface area contributed by atoms with Crippen LogP contribution in [0.4, 0.5) is 0 Å². The van der Waals surface area contributed by atoms with Gasteiger partial charge in [-0.15, -0.1) is 0 Å². The van der Waals surface area contributed by atoms with E-state index in [0.717, 1.165) is 11.8 Å². The first kappa shape index (κ1) is 26.6. The van der Waals surface area contributed by atoms with Crippen LogP contribution in [0.15, 0.2) is 53.4 Å². The fourth-order valence-corrected chi connectivity index (χ4v) is 5.47. The Balaban J connectivity index is 1.58. The van der Waals surface area contributed by atoms with Gasteiger partial charge in [-0.25, -0.2) is 21.6 Å². The van der Waals surface area contributed by atoms with Crippen LogP contribution in [-0.4, -0.2) is 82.1 Å². The number of hydrogen-bond acceptors (Lipinski definition) is 8. The zero-order valence-electron chi connectivity index (χ0n) is 19.0. The van der Waals surface area contributed by atoms with E-state index >= 15 is 0 Å². The predicted octanol–water partition coefficient (Wildman–Crippen LogP) is 0.446. The van der Waals surface area contributed by atoms with E-state index in [9.17, 15) is 26.7 Å². The highest BCUT2D eigenvalue weighted by atomic mass is 32.2. The molecule has 1 saturated heterocycles. The van der Waals surface area contributed by atoms with Crippen molar-refractivity contribution in [2.45, 2.75) is 17.5 Å². The first-order chi connectivity index (χ1) is 16.5. The van der Waals surface area contributed by atoms with Crippen molar-refractivity contribution in [3.05, 3.63) is 59.7 Å². The van der Waals surface area contributed by atoms with Crippen molar-refractivity contribution in [1.82, 2.24) is 13.9 Å². The van der Waals surface area contributed by atoms with E-state index < -0.39 is 32.1 Å². The van der Waals surface area contributed by atoms with E-state index in [1.54, 1.807) is 23.1 Å². The summed E-state index contributed by atoms with van der Waals surface area (Å²) in [4.78, 5) is 13.3. The SMILES string of the molecule is CS(=O)(=O)N1CCN([C@@H](CNS(=O)(=O)c2ccc(OCc3cccc(C#N)c3)cc2)C(=O)O)CC1. The van der Waals surface area contributed by atoms with Gasteiger partial charge in [0.1, 0.15) is 18.4 Å². The van der Waals surface area contributed by atoms with Crippen LogP contribution < -0.4 is 9.46 Å². The number of ether oxygens (including phenoxy) is 1. The zero-order chi connectivity index (χ0) is 25.6. The number of sulfonamides is 2. The molecule has 188 valence electrons. The van der Waals surface area contributed by atoms with Gasteiger partial charge in [-0.2, -0.15) is 9.57 Å². The average Bonchev–Trinajstić information content (AvgIpc) is 2.83. The number of nitrogens with zero attached hydrogens (tertiary/aromatic N) is 3. The van der Waals surface area contributed by atoms with Crippen LogP contribution in [0.1, 0.15) is 11.1 Å². The van der Waals surface area contributed by atoms with Gasteiger partial charge in [-0.1, -0.05) is 12.1 Å². The molecule has 0 unspecified atom stereocenters. The van der Waals surface area contributed by atoms with Crippen molar-refractivity contribution in [3.63, 3.8) is 0 Å². The standard InChI is InChI=1S/C22H26N4O7S2/c1-34(29,30)26-11-9-25(10-12-26)21(22(27)28)15-24-35(31,32)20-7-5-19(6-8-20)33-16-18-4-2-3-17(13-18)14-23/h2-8,13,21,24H,9-12,15-16H2,1H3,(H,27,28)/t21-/m0/s1. The number of piperazine rings is 1. The molecule has 11 nitrogen and oxygen atoms in total. The van der Waals surface area contributed by atoms with Crippen molar-refractivity contribution in [3.8, 4) is 11.8 Å². The van der Waals surface area contributed by atoms with Gasteiger partial charge in [0.15, 0.2) is 0 Å². The van der Waals surface area contributed by atoms with Crippen molar-refractivity contribution in [2.75, 3.05) is 39.0 Å². The quantitative estimate of drug-likeness (QED) is 0.452. The topological polar surface area (TPSA) is 157 Å². The molecule has 0 bridgehead atoms. The third kappa shape index (κ3) is 7.23. The molecular formula is C22H26N4O7S2. The minimum atomic E-state index is -3.99. The van der Waals surface area contributed by atoms with E-state index in [1.807, 2.05) is 12.1 Å². The lowest BCUT2D eigenvalue weighted by molar-refractivity contribution is -0.143. The third-order valence-electron chi connectivity index (χ3n) is 5.53. The Morgan fingerprint density at radius 2 is 1.77 bits per heavy atom. The Morgan fingerprint density at radius 1 is 1.11 bits per heavy atom. The van der Waals surface area contributed by atoms with E-state index in [1.165, 1.54) is 28.6 Å². The zero-order valence-corrected chi connectivity index (χ0v) is 20.6. The molecule has 13 heteroatoms. The largest absolute Gasteiger partial charge is 0.489 e. The van der Waals surface area contributed by atoms with E-state index in [-0.39, 0.29) is 44.2 Å². The molecule has 1 aliphatic heterocycles. The van der Waals surface area contributed by atoms with E-state index in [2.05, 4.69) is 4.72 Å². The molecule has 35 heavy (non-hydrogen) atoms. The molecule has 0 amide bonds. The first-order valence-corrected chi connectivity index (χ1v) is 14.0. The number of nitrogens with one attached hydrogen (secondary N) is 1. The summed E-state index contributed by atoms with van der Waals surface area (Å²) in [5.41, 5.74) is 1.30. The normalized spacial score (nSPS) is 16.3. The summed E-state index contributed by atoms with van der Waals surface area (Å²) >= 11 is 0. The predicted molar refractivity (Wildman–Crippen MR) is 127 cm³/mol. The lowest BCUT2D eigenvalue weighted by Crippen LogP contribution is -2.56. The Hall–Kier alpha value is -3.02. The first-order valence-electron chi connectivity index (χ1n) is 10.6. The average molecular weight is 523 g/mol. The second-order valence-corrected chi connectivity index (χ2v) is 11.7. The second kappa shape index (κ2) is 11.1. The van der Waals surface area contributed by atoms with Crippen LogP contribution in [0.3, 0.4) is 0 Å². The summed E-state index contributed by atoms with van der Waals surface area (Å²) in [6.07, 6.45) is 1.09. The molecule has 2 N–H and O–H groups in total. The van der Waals surface area contributed by atoms with Crippen LogP contribution in [0.5, 0.6) is 5.75 Å². The van der Waals surface area contributed by atoms with Crippen LogP contribution >= 0.6 is 0 Å². The molecule has 1 atom stereocenters. The highest BCUT2D eigenvalue weighted by Crippen LogP contribution is 2.18. The number of nitriles is 1. The van der Waals surface area contributed by atoms with Crippen molar-refractivity contribution < 1.29 is 31.5 Å². The van der Waals surface area contributed by atoms with Crippen molar-refractivity contribution >= 4 is 26.0 Å². The Morgan fingerprint density at radius 3 is 2.34 bits per heavy atom. The Labute approximate surface area is 204 Å². The highest BCUT2D eigenvalue weighted by Gasteiger charge is 2.32. The Bertz CT molecular complexity index is 1300. The molecule has 3 rings (SSSR count). The number of carboxylic acids is 1. The van der Waals surface area contributed by atoms with Crippen LogP contribution in [-0.2, 0) is 31.4 Å². The Kier molecular flexibility index (Phi) is 8.47. The van der Waals surface area contributed by atoms with Gasteiger partial charge >= 0.3 is 5.97 Å². The molecule has 0 aromatic heterocycles. The number of benzene rings is 2. The van der Waals surface area contributed by atoms with Gasteiger partial charge in [0, 0.05) is 32.7 Å². The molecule has 1 heterocycles. The van der Waals surface area contributed by atoms with Crippen LogP contribution in [0.2, 0.25) is 0 Å². The highest BCUT2D eigenvalue weighted by molar-refractivity contribution is 7.89. The minimum Gasteiger partial charge on any atom is -0.489 e. The molecule has 2 aromatic carbocycles. The van der Waals surface area contributed by atoms with Crippen molar-refractivity contribution in [2.24, 2.45) is 0 Å². The number of rotatable bonds is 10. The molecule has 0 saturated carbocycles. The minimum absolute atomic E-state index is 0.0534. The summed E-state index contributed by atoms with van der Waals surface area (Å²) < 4.78 is 58.0. The molecule has 2 aromatic rings. The summed E-state index contributed by atoms with van der Waals surface area (Å²) in [6, 6.07) is 13.5. The van der Waals surface area contributed by atoms with Gasteiger partial charge in [-0.3, -0.25) is 9.69 Å². The maximum absolute atomic E-state index is 12.7. The molecule has 1 fully saturated rings.